The normalized spacial score (nSPS) is 40.6. The fourth-order valence-corrected chi connectivity index (χ4v) is 1.91. The summed E-state index contributed by atoms with van der Waals surface area (Å²) in [5.41, 5.74) is 0. The highest BCUT2D eigenvalue weighted by Crippen LogP contribution is 2.37. The Morgan fingerprint density at radius 2 is 2.22 bits per heavy atom. The van der Waals surface area contributed by atoms with Crippen LogP contribution in [0.2, 0.25) is 0 Å². The van der Waals surface area contributed by atoms with Gasteiger partial charge in [-0.05, 0) is 6.54 Å². The minimum atomic E-state index is -3.25. The van der Waals surface area contributed by atoms with Crippen LogP contribution in [0.1, 0.15) is 13.8 Å². The molecule has 2 N–H and O–H groups in total. The molecule has 1 aliphatic heterocycles. The van der Waals surface area contributed by atoms with Crippen LogP contribution in [0.5, 0.6) is 0 Å². The van der Waals surface area contributed by atoms with Crippen molar-refractivity contribution in [1.29, 1.82) is 0 Å². The van der Waals surface area contributed by atoms with E-state index in [1.54, 1.807) is 0 Å². The van der Waals surface area contributed by atoms with Gasteiger partial charge in [0, 0.05) is 12.5 Å². The maximum atomic E-state index is 14.2. The number of methoxy groups -OCH3 is 1. The van der Waals surface area contributed by atoms with Crippen molar-refractivity contribution in [2.24, 2.45) is 5.92 Å². The summed E-state index contributed by atoms with van der Waals surface area (Å²) in [4.78, 5) is 11.3. The van der Waals surface area contributed by atoms with E-state index in [1.165, 1.54) is 6.92 Å². The van der Waals surface area contributed by atoms with Crippen LogP contribution >= 0.6 is 0 Å². The summed E-state index contributed by atoms with van der Waals surface area (Å²) in [6.45, 7) is 4.20. The van der Waals surface area contributed by atoms with Gasteiger partial charge in [-0.3, -0.25) is 0 Å². The molecule has 5 atom stereocenters. The van der Waals surface area contributed by atoms with Gasteiger partial charge in [0.2, 0.25) is 0 Å². The van der Waals surface area contributed by atoms with Crippen molar-refractivity contribution in [2.75, 3.05) is 20.2 Å². The van der Waals surface area contributed by atoms with Crippen LogP contribution in [0.4, 0.5) is 8.78 Å². The van der Waals surface area contributed by atoms with Gasteiger partial charge in [0.25, 0.3) is 0 Å². The lowest BCUT2D eigenvalue weighted by Crippen LogP contribution is -2.62. The number of alkyl halides is 2. The Morgan fingerprint density at radius 3 is 2.72 bits per heavy atom. The second-order valence-corrected chi connectivity index (χ2v) is 4.35. The summed E-state index contributed by atoms with van der Waals surface area (Å²) in [6, 6.07) is 0. The Labute approximate surface area is 104 Å². The average molecular weight is 267 g/mol. The van der Waals surface area contributed by atoms with E-state index in [0.29, 0.717) is 6.54 Å². The summed E-state index contributed by atoms with van der Waals surface area (Å²) in [5, 5.41) is 12.6. The lowest BCUT2D eigenvalue weighted by atomic mass is 9.87. The number of carbonyl (C=O) groups excluding carboxylic acids is 1. The Bertz CT molecular complexity index is 305. The molecule has 0 aliphatic carbocycles. The molecule has 5 nitrogen and oxygen atoms in total. The first-order valence-electron chi connectivity index (χ1n) is 5.86. The highest BCUT2D eigenvalue weighted by molar-refractivity contribution is 5.78. The molecule has 0 amide bonds. The second-order valence-electron chi connectivity index (χ2n) is 4.35. The maximum Gasteiger partial charge on any atom is 0.375 e. The molecule has 0 aromatic rings. The first kappa shape index (κ1) is 15.3. The number of hydrogen-bond donors (Lipinski definition) is 2. The molecule has 0 saturated carbocycles. The van der Waals surface area contributed by atoms with Crippen molar-refractivity contribution in [3.8, 4) is 0 Å². The van der Waals surface area contributed by atoms with Crippen molar-refractivity contribution in [3.63, 3.8) is 0 Å². The predicted octanol–water partition coefficient (Wildman–Crippen LogP) is 0.169. The number of rotatable bonds is 4. The highest BCUT2D eigenvalue weighted by Gasteiger charge is 2.60. The summed E-state index contributed by atoms with van der Waals surface area (Å²) >= 11 is 0. The zero-order chi connectivity index (χ0) is 13.9. The van der Waals surface area contributed by atoms with E-state index in [-0.39, 0.29) is 6.54 Å². The lowest BCUT2D eigenvalue weighted by Gasteiger charge is -2.42. The van der Waals surface area contributed by atoms with Gasteiger partial charge in [-0.25, -0.2) is 9.18 Å². The van der Waals surface area contributed by atoms with Crippen LogP contribution in [0.15, 0.2) is 0 Å². The molecule has 0 aromatic carbocycles. The van der Waals surface area contributed by atoms with Crippen LogP contribution in [-0.2, 0) is 14.3 Å². The third-order valence-electron chi connectivity index (χ3n) is 3.16. The minimum Gasteiger partial charge on any atom is -0.465 e. The first-order valence-corrected chi connectivity index (χ1v) is 5.86. The fraction of sp³-hybridized carbons (Fsp3) is 0.909. The average Bonchev–Trinajstić information content (AvgIpc) is 2.38. The van der Waals surface area contributed by atoms with Crippen molar-refractivity contribution in [3.05, 3.63) is 0 Å². The number of esters is 1. The Kier molecular flexibility index (Phi) is 5.01. The molecule has 1 heterocycles. The van der Waals surface area contributed by atoms with Gasteiger partial charge in [-0.2, -0.15) is 4.39 Å². The molecule has 0 bridgehead atoms. The van der Waals surface area contributed by atoms with E-state index >= 15 is 0 Å². The van der Waals surface area contributed by atoms with Crippen molar-refractivity contribution < 1.29 is 28.2 Å². The van der Waals surface area contributed by atoms with Crippen LogP contribution < -0.4 is 5.32 Å². The molecule has 1 saturated heterocycles. The summed E-state index contributed by atoms with van der Waals surface area (Å²) in [6.07, 6.45) is -4.89. The Balaban J connectivity index is 2.89. The fourth-order valence-electron chi connectivity index (χ4n) is 1.91. The number of hydrogen-bond acceptors (Lipinski definition) is 5. The first-order chi connectivity index (χ1) is 8.38. The summed E-state index contributed by atoms with van der Waals surface area (Å²) in [7, 11) is 0.934. The quantitative estimate of drug-likeness (QED) is 0.711. The zero-order valence-electron chi connectivity index (χ0n) is 10.7. The van der Waals surface area contributed by atoms with Crippen LogP contribution in [0.3, 0.4) is 0 Å². The van der Waals surface area contributed by atoms with Crippen LogP contribution in [0.25, 0.3) is 0 Å². The van der Waals surface area contributed by atoms with E-state index < -0.39 is 36.1 Å². The monoisotopic (exact) mass is 267 g/mol. The molecule has 106 valence electrons. The molecule has 7 heteroatoms. The molecule has 5 unspecified atom stereocenters. The van der Waals surface area contributed by atoms with E-state index in [0.717, 1.165) is 7.11 Å². The molecule has 1 aliphatic rings. The molecule has 0 aromatic heterocycles. The van der Waals surface area contributed by atoms with Gasteiger partial charge < -0.3 is 19.9 Å². The third kappa shape index (κ3) is 2.62. The standard InChI is InChI=1S/C11H19F2NO4/c1-4-14-5-7-6(2)8(15)9(12)11(13,18-7)10(16)17-3/h6-9,14-15H,4-5H2,1-3H3. The molecular formula is C11H19F2NO4. The smallest absolute Gasteiger partial charge is 0.375 e. The van der Waals surface area contributed by atoms with Gasteiger partial charge >= 0.3 is 11.8 Å². The number of aliphatic hydroxyl groups excluding tert-OH is 1. The minimum absolute atomic E-state index is 0.212. The van der Waals surface area contributed by atoms with Crippen LogP contribution in [0, 0.1) is 5.92 Å². The second kappa shape index (κ2) is 5.90. The van der Waals surface area contributed by atoms with E-state index in [1.807, 2.05) is 6.92 Å². The van der Waals surface area contributed by atoms with Crippen molar-refractivity contribution in [2.45, 2.75) is 38.1 Å². The lowest BCUT2D eigenvalue weighted by molar-refractivity contribution is -0.282. The predicted molar refractivity (Wildman–Crippen MR) is 59.3 cm³/mol. The maximum absolute atomic E-state index is 14.2. The van der Waals surface area contributed by atoms with Gasteiger partial charge in [0.05, 0.1) is 19.3 Å². The Morgan fingerprint density at radius 1 is 1.61 bits per heavy atom. The number of likely N-dealkylation sites (N-methyl/N-ethyl adjacent to an activating group) is 1. The molecular weight excluding hydrogens is 248 g/mol. The van der Waals surface area contributed by atoms with E-state index in [4.69, 9.17) is 4.74 Å². The Hall–Kier alpha value is -0.790. The number of nitrogens with one attached hydrogen (secondary N) is 1. The molecule has 0 spiro atoms. The van der Waals surface area contributed by atoms with Crippen LogP contribution in [-0.4, -0.2) is 55.5 Å². The topological polar surface area (TPSA) is 67.8 Å². The highest BCUT2D eigenvalue weighted by atomic mass is 19.2. The van der Waals surface area contributed by atoms with Gasteiger partial charge in [0.1, 0.15) is 0 Å². The number of halogens is 2. The molecule has 0 radical (unpaired) electrons. The van der Waals surface area contributed by atoms with E-state index in [2.05, 4.69) is 10.1 Å². The summed E-state index contributed by atoms with van der Waals surface area (Å²) < 4.78 is 37.0. The molecule has 1 rings (SSSR count). The van der Waals surface area contributed by atoms with E-state index in [9.17, 15) is 18.7 Å². The van der Waals surface area contributed by atoms with Crippen molar-refractivity contribution >= 4 is 5.97 Å². The molecule has 18 heavy (non-hydrogen) atoms. The van der Waals surface area contributed by atoms with Crippen molar-refractivity contribution in [1.82, 2.24) is 5.32 Å². The number of ether oxygens (including phenoxy) is 2. The van der Waals surface area contributed by atoms with Gasteiger partial charge in [-0.15, -0.1) is 0 Å². The largest absolute Gasteiger partial charge is 0.465 e. The summed E-state index contributed by atoms with van der Waals surface area (Å²) in [5.74, 6) is -5.35. The molecule has 1 fully saturated rings. The number of aliphatic hydroxyl groups is 1. The number of carbonyl (C=O) groups is 1. The van der Waals surface area contributed by atoms with Gasteiger partial charge in [0.15, 0.2) is 6.17 Å². The van der Waals surface area contributed by atoms with Gasteiger partial charge in [-0.1, -0.05) is 13.8 Å². The third-order valence-corrected chi connectivity index (χ3v) is 3.16. The SMILES string of the molecule is CCNCC1OC(F)(C(=O)OC)C(F)C(O)C1C. The zero-order valence-corrected chi connectivity index (χ0v) is 10.7.